The topological polar surface area (TPSA) is 89.3 Å². The lowest BCUT2D eigenvalue weighted by molar-refractivity contribution is 0.0904. The van der Waals surface area contributed by atoms with E-state index in [9.17, 15) is 0 Å². The third kappa shape index (κ3) is 4.12. The number of hydrogen-bond donors (Lipinski definition) is 2. The second kappa shape index (κ2) is 8.37. The number of anilines is 3. The Morgan fingerprint density at radius 2 is 1.90 bits per heavy atom. The molecule has 0 radical (unpaired) electrons. The van der Waals surface area contributed by atoms with Gasteiger partial charge in [-0.05, 0) is 59.1 Å². The van der Waals surface area contributed by atoms with Crippen molar-refractivity contribution in [3.05, 3.63) is 59.6 Å². The average molecular weight is 466 g/mol. The van der Waals surface area contributed by atoms with Crippen LogP contribution in [0.2, 0.25) is 0 Å². The molecule has 0 atom stereocenters. The fraction of sp³-hybridized carbons (Fsp3) is 0.238. The third-order valence-electron chi connectivity index (χ3n) is 4.98. The van der Waals surface area contributed by atoms with E-state index in [4.69, 9.17) is 4.74 Å². The molecule has 4 aromatic rings. The van der Waals surface area contributed by atoms with Crippen molar-refractivity contribution in [2.75, 3.05) is 23.8 Å². The predicted octanol–water partition coefficient (Wildman–Crippen LogP) is 4.28. The van der Waals surface area contributed by atoms with Crippen molar-refractivity contribution in [2.45, 2.75) is 18.9 Å². The summed E-state index contributed by atoms with van der Waals surface area (Å²) in [5.74, 6) is 1.36. The van der Waals surface area contributed by atoms with Crippen LogP contribution in [0, 0.1) is 0 Å². The zero-order valence-corrected chi connectivity index (χ0v) is 17.7. The van der Waals surface area contributed by atoms with Gasteiger partial charge in [0.05, 0.1) is 29.5 Å². The summed E-state index contributed by atoms with van der Waals surface area (Å²) in [6, 6.07) is 10.1. The Hall–Kier alpha value is -3.04. The number of ether oxygens (including phenoxy) is 1. The SMILES string of the molecule is Brc1ccc2ncc(-c3ccnc(Nc4ccc(NC5CCOCC5)nc4)n3)n2c1. The van der Waals surface area contributed by atoms with Gasteiger partial charge in [-0.1, -0.05) is 0 Å². The minimum atomic E-state index is 0.413. The first-order valence-electron chi connectivity index (χ1n) is 9.78. The van der Waals surface area contributed by atoms with Gasteiger partial charge in [-0.15, -0.1) is 0 Å². The second-order valence-corrected chi connectivity index (χ2v) is 7.99. The van der Waals surface area contributed by atoms with E-state index in [1.807, 2.05) is 47.1 Å². The van der Waals surface area contributed by atoms with Crippen LogP contribution in [0.3, 0.4) is 0 Å². The molecule has 1 saturated heterocycles. The molecule has 1 fully saturated rings. The first-order chi connectivity index (χ1) is 14.7. The van der Waals surface area contributed by atoms with Crippen LogP contribution >= 0.6 is 15.9 Å². The Morgan fingerprint density at radius 3 is 2.73 bits per heavy atom. The molecule has 1 aliphatic rings. The highest BCUT2D eigenvalue weighted by Crippen LogP contribution is 2.23. The highest BCUT2D eigenvalue weighted by atomic mass is 79.9. The lowest BCUT2D eigenvalue weighted by Crippen LogP contribution is -2.28. The Kier molecular flexibility index (Phi) is 5.29. The van der Waals surface area contributed by atoms with Crippen molar-refractivity contribution >= 4 is 39.0 Å². The largest absolute Gasteiger partial charge is 0.381 e. The molecule has 0 unspecified atom stereocenters. The van der Waals surface area contributed by atoms with E-state index in [1.165, 1.54) is 0 Å². The molecule has 1 aliphatic heterocycles. The molecule has 0 amide bonds. The molecule has 8 nitrogen and oxygen atoms in total. The lowest BCUT2D eigenvalue weighted by Gasteiger charge is -2.23. The molecule has 5 heterocycles. The summed E-state index contributed by atoms with van der Waals surface area (Å²) in [6.07, 6.45) is 9.30. The molecule has 0 bridgehead atoms. The highest BCUT2D eigenvalue weighted by molar-refractivity contribution is 9.10. The Labute approximate surface area is 181 Å². The van der Waals surface area contributed by atoms with Gasteiger partial charge in [-0.3, -0.25) is 4.40 Å². The van der Waals surface area contributed by atoms with E-state index in [-0.39, 0.29) is 0 Å². The number of hydrogen-bond acceptors (Lipinski definition) is 7. The van der Waals surface area contributed by atoms with E-state index in [2.05, 4.69) is 46.5 Å². The molecule has 152 valence electrons. The van der Waals surface area contributed by atoms with Crippen LogP contribution in [0.25, 0.3) is 17.0 Å². The van der Waals surface area contributed by atoms with Crippen LogP contribution in [0.1, 0.15) is 12.8 Å². The van der Waals surface area contributed by atoms with Crippen molar-refractivity contribution in [3.63, 3.8) is 0 Å². The first kappa shape index (κ1) is 19.0. The van der Waals surface area contributed by atoms with Crippen LogP contribution in [0.15, 0.2) is 59.6 Å². The standard InChI is InChI=1S/C21H20BrN7O/c22-14-1-4-20-25-12-18(29(20)13-14)17-5-8-23-21(28-17)27-16-2-3-19(24-11-16)26-15-6-9-30-10-7-15/h1-5,8,11-13,15H,6-7,9-10H2,(H,24,26)(H,23,27,28). The van der Waals surface area contributed by atoms with Crippen molar-refractivity contribution in [1.29, 1.82) is 0 Å². The summed E-state index contributed by atoms with van der Waals surface area (Å²) in [5.41, 5.74) is 3.36. The number of fused-ring (bicyclic) bond motifs is 1. The van der Waals surface area contributed by atoms with Crippen LogP contribution in [0.4, 0.5) is 17.5 Å². The average Bonchev–Trinajstić information content (AvgIpc) is 3.19. The van der Waals surface area contributed by atoms with Crippen molar-refractivity contribution < 1.29 is 4.74 Å². The van der Waals surface area contributed by atoms with E-state index in [0.717, 1.165) is 59.1 Å². The van der Waals surface area contributed by atoms with E-state index < -0.39 is 0 Å². The van der Waals surface area contributed by atoms with Crippen molar-refractivity contribution in [1.82, 2.24) is 24.3 Å². The maximum absolute atomic E-state index is 5.40. The molecule has 2 N–H and O–H groups in total. The summed E-state index contributed by atoms with van der Waals surface area (Å²) >= 11 is 3.51. The van der Waals surface area contributed by atoms with E-state index >= 15 is 0 Å². The number of nitrogens with one attached hydrogen (secondary N) is 2. The minimum Gasteiger partial charge on any atom is -0.381 e. The molecule has 0 aliphatic carbocycles. The predicted molar refractivity (Wildman–Crippen MR) is 119 cm³/mol. The molecule has 5 rings (SSSR count). The zero-order chi connectivity index (χ0) is 20.3. The Bertz CT molecular complexity index is 1160. The van der Waals surface area contributed by atoms with Gasteiger partial charge in [-0.2, -0.15) is 0 Å². The quantitative estimate of drug-likeness (QED) is 0.454. The number of nitrogens with zero attached hydrogens (tertiary/aromatic N) is 5. The number of imidazole rings is 1. The fourth-order valence-corrected chi connectivity index (χ4v) is 3.78. The normalized spacial score (nSPS) is 14.7. The number of halogens is 1. The summed E-state index contributed by atoms with van der Waals surface area (Å²) in [6.45, 7) is 1.60. The number of rotatable bonds is 5. The Morgan fingerprint density at radius 1 is 1.00 bits per heavy atom. The van der Waals surface area contributed by atoms with Gasteiger partial charge in [0.15, 0.2) is 0 Å². The maximum atomic E-state index is 5.40. The Balaban J connectivity index is 1.32. The summed E-state index contributed by atoms with van der Waals surface area (Å²) in [7, 11) is 0. The summed E-state index contributed by atoms with van der Waals surface area (Å²) in [5, 5.41) is 6.68. The third-order valence-corrected chi connectivity index (χ3v) is 5.45. The van der Waals surface area contributed by atoms with Crippen molar-refractivity contribution in [3.8, 4) is 11.4 Å². The van der Waals surface area contributed by atoms with Crippen molar-refractivity contribution in [2.24, 2.45) is 0 Å². The van der Waals surface area contributed by atoms with Gasteiger partial charge in [0.1, 0.15) is 11.5 Å². The monoisotopic (exact) mass is 465 g/mol. The molecular weight excluding hydrogens is 446 g/mol. The fourth-order valence-electron chi connectivity index (χ4n) is 3.44. The number of aromatic nitrogens is 5. The van der Waals surface area contributed by atoms with Gasteiger partial charge < -0.3 is 15.4 Å². The van der Waals surface area contributed by atoms with E-state index in [1.54, 1.807) is 12.4 Å². The van der Waals surface area contributed by atoms with Gasteiger partial charge in [0, 0.05) is 36.1 Å². The van der Waals surface area contributed by atoms with Crippen LogP contribution in [-0.4, -0.2) is 43.6 Å². The smallest absolute Gasteiger partial charge is 0.227 e. The maximum Gasteiger partial charge on any atom is 0.227 e. The van der Waals surface area contributed by atoms with Gasteiger partial charge in [-0.25, -0.2) is 19.9 Å². The molecule has 4 aromatic heterocycles. The van der Waals surface area contributed by atoms with Crippen LogP contribution < -0.4 is 10.6 Å². The first-order valence-corrected chi connectivity index (χ1v) is 10.6. The summed E-state index contributed by atoms with van der Waals surface area (Å²) < 4.78 is 8.37. The minimum absolute atomic E-state index is 0.413. The van der Waals surface area contributed by atoms with Gasteiger partial charge in [0.2, 0.25) is 5.95 Å². The number of pyridine rings is 2. The van der Waals surface area contributed by atoms with E-state index in [0.29, 0.717) is 12.0 Å². The molecule has 9 heteroatoms. The van der Waals surface area contributed by atoms with Crippen LogP contribution in [0.5, 0.6) is 0 Å². The summed E-state index contributed by atoms with van der Waals surface area (Å²) in [4.78, 5) is 17.9. The zero-order valence-electron chi connectivity index (χ0n) is 16.1. The van der Waals surface area contributed by atoms with Gasteiger partial charge >= 0.3 is 0 Å². The van der Waals surface area contributed by atoms with Gasteiger partial charge in [0.25, 0.3) is 0 Å². The molecule has 0 spiro atoms. The lowest BCUT2D eigenvalue weighted by atomic mass is 10.1. The molecule has 0 aromatic carbocycles. The second-order valence-electron chi connectivity index (χ2n) is 7.07. The molecule has 0 saturated carbocycles. The molecule has 30 heavy (non-hydrogen) atoms. The molecular formula is C21H20BrN7O. The highest BCUT2D eigenvalue weighted by Gasteiger charge is 2.14. The van der Waals surface area contributed by atoms with Crippen LogP contribution in [-0.2, 0) is 4.74 Å².